The molecule has 1 aromatic heterocycles. The number of carbonyl (C=O) groups excluding carboxylic acids is 1. The molecule has 0 saturated heterocycles. The Hall–Kier alpha value is -3.68. The predicted molar refractivity (Wildman–Crippen MR) is 154 cm³/mol. The first kappa shape index (κ1) is 25.9. The van der Waals surface area contributed by atoms with Crippen LogP contribution in [0.5, 0.6) is 5.75 Å². The molecule has 2 heterocycles. The predicted octanol–water partition coefficient (Wildman–Crippen LogP) is 4.92. The van der Waals surface area contributed by atoms with E-state index in [0.717, 1.165) is 21.9 Å². The number of halogens is 1. The Morgan fingerprint density at radius 1 is 1.11 bits per heavy atom. The highest BCUT2D eigenvalue weighted by Crippen LogP contribution is 2.32. The standard InChI is InChI=1S/C30H28ClN3O3S/c1-5-33(6-2)29(36)26-18(3)32-30-34(27(26)20-11-14-21(31)15-12-20)28(35)25(38-30)17-23-22-10-8-7-9-19(22)13-16-24(23)37-4/h7-17,27H,5-6H2,1-4H3/b25-17+/t27-/m0/s1. The molecule has 0 spiro atoms. The van der Waals surface area contributed by atoms with Crippen molar-refractivity contribution in [1.29, 1.82) is 0 Å². The summed E-state index contributed by atoms with van der Waals surface area (Å²) < 4.78 is 7.81. The summed E-state index contributed by atoms with van der Waals surface area (Å²) in [6, 6.07) is 18.6. The number of allylic oxidation sites excluding steroid dienone is 1. The minimum absolute atomic E-state index is 0.124. The number of thiazole rings is 1. The Morgan fingerprint density at radius 3 is 2.50 bits per heavy atom. The summed E-state index contributed by atoms with van der Waals surface area (Å²) in [6.07, 6.45) is 1.87. The van der Waals surface area contributed by atoms with Crippen LogP contribution in [0, 0.1) is 0 Å². The molecule has 0 saturated carbocycles. The summed E-state index contributed by atoms with van der Waals surface area (Å²) in [4.78, 5) is 34.8. The van der Waals surface area contributed by atoms with Crippen molar-refractivity contribution in [3.63, 3.8) is 0 Å². The van der Waals surface area contributed by atoms with Crippen LogP contribution in [0.15, 0.2) is 81.7 Å². The lowest BCUT2D eigenvalue weighted by molar-refractivity contribution is -0.127. The van der Waals surface area contributed by atoms with E-state index in [1.54, 1.807) is 28.7 Å². The summed E-state index contributed by atoms with van der Waals surface area (Å²) in [5.74, 6) is 0.554. The van der Waals surface area contributed by atoms with Crippen LogP contribution >= 0.6 is 22.9 Å². The maximum atomic E-state index is 14.1. The molecule has 0 bridgehead atoms. The number of nitrogens with zero attached hydrogens (tertiary/aromatic N) is 3. The van der Waals surface area contributed by atoms with Gasteiger partial charge in [-0.1, -0.05) is 65.4 Å². The molecule has 6 nitrogen and oxygen atoms in total. The number of fused-ring (bicyclic) bond motifs is 2. The van der Waals surface area contributed by atoms with Gasteiger partial charge in [-0.15, -0.1) is 0 Å². The van der Waals surface area contributed by atoms with E-state index in [-0.39, 0.29) is 11.5 Å². The van der Waals surface area contributed by atoms with Crippen LogP contribution in [0.1, 0.15) is 37.9 Å². The SMILES string of the molecule is CCN(CC)C(=O)C1=C(C)N=c2s/c(=C/c3c(OC)ccc4ccccc34)c(=O)n2[C@H]1c1ccc(Cl)cc1. The molecule has 1 aliphatic rings. The normalized spacial score (nSPS) is 15.4. The van der Waals surface area contributed by atoms with Gasteiger partial charge < -0.3 is 9.64 Å². The van der Waals surface area contributed by atoms with E-state index in [4.69, 9.17) is 21.3 Å². The second-order valence-corrected chi connectivity index (χ2v) is 10.5. The van der Waals surface area contributed by atoms with E-state index in [1.807, 2.05) is 75.4 Å². The second kappa shape index (κ2) is 10.6. The van der Waals surface area contributed by atoms with E-state index >= 15 is 0 Å². The maximum absolute atomic E-state index is 14.1. The lowest BCUT2D eigenvalue weighted by atomic mass is 9.94. The third-order valence-corrected chi connectivity index (χ3v) is 8.15. The van der Waals surface area contributed by atoms with Crippen molar-refractivity contribution in [2.75, 3.05) is 20.2 Å². The molecule has 4 aromatic rings. The van der Waals surface area contributed by atoms with Gasteiger partial charge in [0.05, 0.1) is 29.0 Å². The van der Waals surface area contributed by atoms with E-state index in [2.05, 4.69) is 0 Å². The van der Waals surface area contributed by atoms with E-state index in [1.165, 1.54) is 11.3 Å². The van der Waals surface area contributed by atoms with Gasteiger partial charge in [-0.05, 0) is 61.4 Å². The zero-order chi connectivity index (χ0) is 27.0. The fourth-order valence-corrected chi connectivity index (χ4v) is 6.12. The van der Waals surface area contributed by atoms with Gasteiger partial charge in [-0.2, -0.15) is 0 Å². The number of ether oxygens (including phenoxy) is 1. The van der Waals surface area contributed by atoms with Gasteiger partial charge in [0.25, 0.3) is 11.5 Å². The quantitative estimate of drug-likeness (QED) is 0.345. The fourth-order valence-electron chi connectivity index (χ4n) is 4.97. The van der Waals surface area contributed by atoms with Crippen LogP contribution < -0.4 is 19.6 Å². The minimum Gasteiger partial charge on any atom is -0.496 e. The molecular weight excluding hydrogens is 518 g/mol. The van der Waals surface area contributed by atoms with Gasteiger partial charge in [-0.25, -0.2) is 4.99 Å². The number of carbonyl (C=O) groups is 1. The number of aromatic nitrogens is 1. The molecular formula is C30H28ClN3O3S. The van der Waals surface area contributed by atoms with E-state index in [9.17, 15) is 9.59 Å². The average Bonchev–Trinajstić information content (AvgIpc) is 3.23. The Bertz CT molecular complexity index is 1750. The van der Waals surface area contributed by atoms with Gasteiger partial charge in [-0.3, -0.25) is 14.2 Å². The molecule has 194 valence electrons. The molecule has 1 amide bonds. The second-order valence-electron chi connectivity index (χ2n) is 9.01. The van der Waals surface area contributed by atoms with Crippen LogP contribution in [0.4, 0.5) is 0 Å². The van der Waals surface area contributed by atoms with Crippen molar-refractivity contribution in [1.82, 2.24) is 9.47 Å². The molecule has 8 heteroatoms. The zero-order valence-electron chi connectivity index (χ0n) is 21.7. The van der Waals surface area contributed by atoms with Crippen molar-refractivity contribution >= 4 is 45.7 Å². The Kier molecular flexibility index (Phi) is 7.23. The first-order valence-corrected chi connectivity index (χ1v) is 13.7. The molecule has 1 aliphatic heterocycles. The zero-order valence-corrected chi connectivity index (χ0v) is 23.3. The van der Waals surface area contributed by atoms with Crippen LogP contribution in [-0.2, 0) is 4.79 Å². The van der Waals surface area contributed by atoms with Crippen molar-refractivity contribution in [2.24, 2.45) is 4.99 Å². The molecule has 5 rings (SSSR count). The number of likely N-dealkylation sites (N-methyl/N-ethyl adjacent to an activating group) is 1. The average molecular weight is 546 g/mol. The smallest absolute Gasteiger partial charge is 0.271 e. The molecule has 0 radical (unpaired) electrons. The maximum Gasteiger partial charge on any atom is 0.271 e. The van der Waals surface area contributed by atoms with Crippen LogP contribution in [0.25, 0.3) is 16.8 Å². The summed E-state index contributed by atoms with van der Waals surface area (Å²) in [5, 5.41) is 2.62. The lowest BCUT2D eigenvalue weighted by Gasteiger charge is -2.29. The number of hydrogen-bond donors (Lipinski definition) is 0. The number of rotatable bonds is 6. The largest absolute Gasteiger partial charge is 0.496 e. The summed E-state index contributed by atoms with van der Waals surface area (Å²) >= 11 is 7.50. The molecule has 0 N–H and O–H groups in total. The number of methoxy groups -OCH3 is 1. The third-order valence-electron chi connectivity index (χ3n) is 6.91. The first-order chi connectivity index (χ1) is 18.4. The fraction of sp³-hybridized carbons (Fsp3) is 0.233. The van der Waals surface area contributed by atoms with Gasteiger partial charge in [0.2, 0.25) is 0 Å². The number of hydrogen-bond acceptors (Lipinski definition) is 5. The summed E-state index contributed by atoms with van der Waals surface area (Å²) in [7, 11) is 1.62. The molecule has 38 heavy (non-hydrogen) atoms. The van der Waals surface area contributed by atoms with Crippen LogP contribution in [0.2, 0.25) is 5.02 Å². The van der Waals surface area contributed by atoms with Crippen molar-refractivity contribution in [3.05, 3.63) is 108 Å². The highest BCUT2D eigenvalue weighted by molar-refractivity contribution is 7.07. The van der Waals surface area contributed by atoms with Crippen LogP contribution in [-0.4, -0.2) is 35.6 Å². The summed E-state index contributed by atoms with van der Waals surface area (Å²) in [6.45, 7) is 6.85. The number of amides is 1. The molecule has 3 aromatic carbocycles. The van der Waals surface area contributed by atoms with Gasteiger partial charge in [0.15, 0.2) is 4.80 Å². The summed E-state index contributed by atoms with van der Waals surface area (Å²) in [5.41, 5.74) is 2.53. The minimum atomic E-state index is -0.617. The topological polar surface area (TPSA) is 63.9 Å². The van der Waals surface area contributed by atoms with Crippen molar-refractivity contribution in [2.45, 2.75) is 26.8 Å². The van der Waals surface area contributed by atoms with E-state index < -0.39 is 6.04 Å². The lowest BCUT2D eigenvalue weighted by Crippen LogP contribution is -2.43. The van der Waals surface area contributed by atoms with Gasteiger partial charge in [0, 0.05) is 23.7 Å². The van der Waals surface area contributed by atoms with E-state index in [0.29, 0.717) is 44.5 Å². The molecule has 0 unspecified atom stereocenters. The van der Waals surface area contributed by atoms with Crippen molar-refractivity contribution in [3.8, 4) is 5.75 Å². The highest BCUT2D eigenvalue weighted by Gasteiger charge is 2.34. The molecule has 0 aliphatic carbocycles. The van der Waals surface area contributed by atoms with Gasteiger partial charge in [0.1, 0.15) is 5.75 Å². The third kappa shape index (κ3) is 4.46. The van der Waals surface area contributed by atoms with Crippen molar-refractivity contribution < 1.29 is 9.53 Å². The Balaban J connectivity index is 1.78. The first-order valence-electron chi connectivity index (χ1n) is 12.5. The Morgan fingerprint density at radius 2 is 1.82 bits per heavy atom. The van der Waals surface area contributed by atoms with Crippen LogP contribution in [0.3, 0.4) is 0 Å². The monoisotopic (exact) mass is 545 g/mol. The number of benzene rings is 3. The Labute approximate surface area is 229 Å². The molecule has 1 atom stereocenters. The van der Waals surface area contributed by atoms with Gasteiger partial charge >= 0.3 is 0 Å². The molecule has 0 fully saturated rings. The highest BCUT2D eigenvalue weighted by atomic mass is 35.5.